The summed E-state index contributed by atoms with van der Waals surface area (Å²) in [5.74, 6) is 0. The van der Waals surface area contributed by atoms with E-state index < -0.39 is 9.85 Å². The summed E-state index contributed by atoms with van der Waals surface area (Å²) in [4.78, 5) is 20.1. The molecule has 0 aliphatic rings. The third-order valence-corrected chi connectivity index (χ3v) is 2.35. The van der Waals surface area contributed by atoms with Gasteiger partial charge in [0.15, 0.2) is 0 Å². The molecule has 0 saturated carbocycles. The fourth-order valence-corrected chi connectivity index (χ4v) is 1.44. The van der Waals surface area contributed by atoms with Crippen molar-refractivity contribution in [3.05, 3.63) is 56.6 Å². The summed E-state index contributed by atoms with van der Waals surface area (Å²) >= 11 is 0. The number of nitrogens with one attached hydrogen (secondary N) is 1. The number of rotatable bonds is 5. The van der Waals surface area contributed by atoms with E-state index in [1.165, 1.54) is 29.5 Å². The van der Waals surface area contributed by atoms with Crippen LogP contribution >= 0.6 is 0 Å². The fourth-order valence-electron chi connectivity index (χ4n) is 1.44. The van der Waals surface area contributed by atoms with Crippen LogP contribution in [0, 0.1) is 20.2 Å². The quantitative estimate of drug-likeness (QED) is 0.625. The third kappa shape index (κ3) is 2.80. The van der Waals surface area contributed by atoms with Gasteiger partial charge in [-0.1, -0.05) is 0 Å². The zero-order chi connectivity index (χ0) is 13.8. The number of non-ortho nitro benzene ring substituents is 1. The molecule has 0 amide bonds. The van der Waals surface area contributed by atoms with Crippen LogP contribution < -0.4 is 5.43 Å². The molecule has 10 nitrogen and oxygen atoms in total. The number of benzene rings is 1. The summed E-state index contributed by atoms with van der Waals surface area (Å²) in [5, 5.41) is 28.6. The van der Waals surface area contributed by atoms with Gasteiger partial charge in [-0.2, -0.15) is 0 Å². The maximum atomic E-state index is 10.9. The normalized spacial score (nSPS) is 10.1. The van der Waals surface area contributed by atoms with Gasteiger partial charge in [-0.3, -0.25) is 20.2 Å². The first-order valence-electron chi connectivity index (χ1n) is 5.08. The first-order valence-corrected chi connectivity index (χ1v) is 5.08. The molecule has 0 saturated heterocycles. The van der Waals surface area contributed by atoms with Crippen LogP contribution in [0.25, 0.3) is 0 Å². The van der Waals surface area contributed by atoms with Gasteiger partial charge in [-0.25, -0.2) is 4.68 Å². The summed E-state index contributed by atoms with van der Waals surface area (Å²) in [6, 6.07) is 3.49. The van der Waals surface area contributed by atoms with E-state index >= 15 is 0 Å². The molecule has 19 heavy (non-hydrogen) atoms. The van der Waals surface area contributed by atoms with Crippen LogP contribution in [0.4, 0.5) is 11.4 Å². The lowest BCUT2D eigenvalue weighted by Gasteiger charge is -2.06. The molecule has 0 bridgehead atoms. The van der Waals surface area contributed by atoms with Crippen LogP contribution in [-0.2, 0) is 6.54 Å². The number of aromatic nitrogens is 3. The Hall–Kier alpha value is -3.04. The molecule has 0 aliphatic carbocycles. The maximum absolute atomic E-state index is 10.9. The molecule has 0 aliphatic heterocycles. The average Bonchev–Trinajstić information content (AvgIpc) is 2.89. The van der Waals surface area contributed by atoms with Crippen molar-refractivity contribution in [3.63, 3.8) is 0 Å². The highest BCUT2D eigenvalue weighted by Crippen LogP contribution is 2.24. The zero-order valence-corrected chi connectivity index (χ0v) is 9.46. The van der Waals surface area contributed by atoms with Gasteiger partial charge >= 0.3 is 0 Å². The van der Waals surface area contributed by atoms with Crippen molar-refractivity contribution in [2.24, 2.45) is 0 Å². The lowest BCUT2D eigenvalue weighted by atomic mass is 10.1. The Bertz CT molecular complexity index is 611. The Labute approximate surface area is 106 Å². The first kappa shape index (κ1) is 12.4. The molecule has 1 heterocycles. The van der Waals surface area contributed by atoms with Gasteiger partial charge in [0.2, 0.25) is 0 Å². The largest absolute Gasteiger partial charge is 0.319 e. The van der Waals surface area contributed by atoms with Crippen molar-refractivity contribution in [1.82, 2.24) is 14.9 Å². The zero-order valence-electron chi connectivity index (χ0n) is 9.46. The first-order chi connectivity index (χ1) is 9.08. The van der Waals surface area contributed by atoms with E-state index in [-0.39, 0.29) is 17.9 Å². The Balaban J connectivity index is 2.24. The van der Waals surface area contributed by atoms with Crippen molar-refractivity contribution in [3.8, 4) is 0 Å². The minimum absolute atomic E-state index is 0.117. The smallest absolute Gasteiger partial charge is 0.281 e. The van der Waals surface area contributed by atoms with E-state index in [0.717, 1.165) is 6.07 Å². The molecule has 10 heteroatoms. The van der Waals surface area contributed by atoms with Crippen LogP contribution in [0.5, 0.6) is 0 Å². The van der Waals surface area contributed by atoms with Gasteiger partial charge < -0.3 is 5.43 Å². The molecule has 2 aromatic rings. The van der Waals surface area contributed by atoms with Gasteiger partial charge in [0.05, 0.1) is 28.0 Å². The summed E-state index contributed by atoms with van der Waals surface area (Å²) < 4.78 is 1.42. The predicted molar refractivity (Wildman–Crippen MR) is 62.8 cm³/mol. The monoisotopic (exact) mass is 264 g/mol. The molecule has 0 spiro atoms. The Morgan fingerprint density at radius 3 is 2.42 bits per heavy atom. The molecular weight excluding hydrogens is 256 g/mol. The lowest BCUT2D eigenvalue weighted by Crippen LogP contribution is -2.13. The Kier molecular flexibility index (Phi) is 3.32. The summed E-state index contributed by atoms with van der Waals surface area (Å²) in [6.07, 6.45) is 2.77. The summed E-state index contributed by atoms with van der Waals surface area (Å²) in [6.45, 7) is 0.117. The number of hydrogen-bond acceptors (Lipinski definition) is 7. The van der Waals surface area contributed by atoms with Gasteiger partial charge in [0.25, 0.3) is 11.4 Å². The van der Waals surface area contributed by atoms with Gasteiger partial charge in [0.1, 0.15) is 12.7 Å². The molecule has 0 atom stereocenters. The van der Waals surface area contributed by atoms with Gasteiger partial charge in [-0.15, -0.1) is 10.2 Å². The standard InChI is InChI=1S/C9H8N6O4/c16-14(17)8-2-1-7(9(3-8)15(18)19)4-12-13-5-10-11-6-13/h1-3,5-6,12H,4H2. The van der Waals surface area contributed by atoms with E-state index in [1.807, 2.05) is 0 Å². The number of nitro groups is 2. The van der Waals surface area contributed by atoms with Crippen LogP contribution in [0.3, 0.4) is 0 Å². The minimum Gasteiger partial charge on any atom is -0.319 e. The number of nitrogens with zero attached hydrogens (tertiary/aromatic N) is 5. The van der Waals surface area contributed by atoms with Crippen molar-refractivity contribution >= 4 is 11.4 Å². The van der Waals surface area contributed by atoms with E-state index in [0.29, 0.717) is 5.56 Å². The number of hydrogen-bond donors (Lipinski definition) is 1. The summed E-state index contributed by atoms with van der Waals surface area (Å²) in [7, 11) is 0. The summed E-state index contributed by atoms with van der Waals surface area (Å²) in [5.41, 5.74) is 2.50. The molecule has 0 radical (unpaired) electrons. The highest BCUT2D eigenvalue weighted by atomic mass is 16.6. The lowest BCUT2D eigenvalue weighted by molar-refractivity contribution is -0.394. The number of nitro benzene ring substituents is 2. The second-order valence-corrected chi connectivity index (χ2v) is 3.53. The van der Waals surface area contributed by atoms with Crippen LogP contribution in [0.1, 0.15) is 5.56 Å². The van der Waals surface area contributed by atoms with E-state index in [2.05, 4.69) is 15.6 Å². The Morgan fingerprint density at radius 2 is 1.84 bits per heavy atom. The second-order valence-electron chi connectivity index (χ2n) is 3.53. The van der Waals surface area contributed by atoms with E-state index in [1.54, 1.807) is 0 Å². The third-order valence-electron chi connectivity index (χ3n) is 2.35. The SMILES string of the molecule is O=[N+]([O-])c1ccc(CNn2cnnc2)c([N+](=O)[O-])c1. The van der Waals surface area contributed by atoms with Crippen molar-refractivity contribution < 1.29 is 9.85 Å². The molecular formula is C9H8N6O4. The van der Waals surface area contributed by atoms with Gasteiger partial charge in [0, 0.05) is 6.07 Å². The fraction of sp³-hybridized carbons (Fsp3) is 0.111. The minimum atomic E-state index is -0.677. The van der Waals surface area contributed by atoms with Crippen LogP contribution in [-0.4, -0.2) is 24.7 Å². The van der Waals surface area contributed by atoms with Gasteiger partial charge in [-0.05, 0) is 6.07 Å². The van der Waals surface area contributed by atoms with Crippen LogP contribution in [0.15, 0.2) is 30.9 Å². The molecule has 1 aromatic heterocycles. The molecule has 1 aromatic carbocycles. The predicted octanol–water partition coefficient (Wildman–Crippen LogP) is 0.838. The van der Waals surface area contributed by atoms with E-state index in [4.69, 9.17) is 0 Å². The van der Waals surface area contributed by atoms with E-state index in [9.17, 15) is 20.2 Å². The van der Waals surface area contributed by atoms with Crippen molar-refractivity contribution in [2.75, 3.05) is 5.43 Å². The molecule has 0 unspecified atom stereocenters. The maximum Gasteiger partial charge on any atom is 0.281 e. The van der Waals surface area contributed by atoms with Crippen molar-refractivity contribution in [2.45, 2.75) is 6.54 Å². The second kappa shape index (κ2) is 5.08. The topological polar surface area (TPSA) is 129 Å². The highest BCUT2D eigenvalue weighted by Gasteiger charge is 2.18. The van der Waals surface area contributed by atoms with Crippen molar-refractivity contribution in [1.29, 1.82) is 0 Å². The van der Waals surface area contributed by atoms with Crippen LogP contribution in [0.2, 0.25) is 0 Å². The Morgan fingerprint density at radius 1 is 1.16 bits per heavy atom. The molecule has 2 rings (SSSR count). The molecule has 98 valence electrons. The molecule has 0 fully saturated rings. The highest BCUT2D eigenvalue weighted by molar-refractivity contribution is 5.49. The molecule has 1 N–H and O–H groups in total. The average molecular weight is 264 g/mol.